The zero-order valence-corrected chi connectivity index (χ0v) is 16.9. The van der Waals surface area contributed by atoms with Gasteiger partial charge in [-0.2, -0.15) is 0 Å². The fourth-order valence-electron chi connectivity index (χ4n) is 3.16. The minimum absolute atomic E-state index is 0.581. The van der Waals surface area contributed by atoms with Gasteiger partial charge in [-0.15, -0.1) is 0 Å². The van der Waals surface area contributed by atoms with Gasteiger partial charge in [-0.05, 0) is 0 Å². The zero-order valence-electron chi connectivity index (χ0n) is 13.4. The van der Waals surface area contributed by atoms with Gasteiger partial charge in [0, 0.05) is 0 Å². The van der Waals surface area contributed by atoms with E-state index in [9.17, 15) is 0 Å². The van der Waals surface area contributed by atoms with Crippen molar-refractivity contribution in [2.75, 3.05) is 0 Å². The van der Waals surface area contributed by atoms with Crippen molar-refractivity contribution in [2.45, 2.75) is 32.8 Å². The van der Waals surface area contributed by atoms with Crippen LogP contribution in [-0.4, -0.2) is 0 Å². The first-order chi connectivity index (χ1) is 10.1. The number of fused-ring (bicyclic) bond motifs is 1. The van der Waals surface area contributed by atoms with Crippen LogP contribution in [0.4, 0.5) is 0 Å². The van der Waals surface area contributed by atoms with Crippen LogP contribution in [0.25, 0.3) is 17.2 Å². The summed E-state index contributed by atoms with van der Waals surface area (Å²) in [6.45, 7) is 4.52. The summed E-state index contributed by atoms with van der Waals surface area (Å²) in [5.74, 6) is 0.581. The summed E-state index contributed by atoms with van der Waals surface area (Å²) < 4.78 is 5.81. The standard InChI is InChI=1S/C18H17.2CH3.Hf/c1-13(2)15-8-3-9-16(12-15)18-11-5-7-14-6-4-10-17(14)18;;;/h3-13H,1-2H3;2*1H3;. The van der Waals surface area contributed by atoms with E-state index in [-0.39, 0.29) is 0 Å². The van der Waals surface area contributed by atoms with E-state index in [1.54, 1.807) is 5.56 Å². The van der Waals surface area contributed by atoms with Crippen LogP contribution in [0, 0.1) is 0 Å². The molecule has 1 heteroatoms. The van der Waals surface area contributed by atoms with Crippen LogP contribution in [0.1, 0.15) is 40.1 Å². The number of benzene rings is 2. The summed E-state index contributed by atoms with van der Waals surface area (Å²) in [6.07, 6.45) is 4.83. The van der Waals surface area contributed by atoms with Gasteiger partial charge < -0.3 is 0 Å². The fraction of sp³-hybridized carbons (Fsp3) is 0.300. The number of hydrogen-bond acceptors (Lipinski definition) is 0. The quantitative estimate of drug-likeness (QED) is 0.493. The van der Waals surface area contributed by atoms with Crippen LogP contribution >= 0.6 is 0 Å². The molecule has 0 spiro atoms. The predicted molar refractivity (Wildman–Crippen MR) is 89.5 cm³/mol. The molecule has 2 aromatic rings. The summed E-state index contributed by atoms with van der Waals surface area (Å²) in [4.78, 5) is 0. The van der Waals surface area contributed by atoms with E-state index in [2.05, 4.69) is 77.8 Å². The van der Waals surface area contributed by atoms with Crippen LogP contribution in [0.15, 0.2) is 48.5 Å². The Hall–Kier alpha value is -0.950. The molecule has 0 bridgehead atoms. The summed E-state index contributed by atoms with van der Waals surface area (Å²) >= 11 is -1.40. The van der Waals surface area contributed by atoms with Gasteiger partial charge in [0.2, 0.25) is 0 Å². The number of rotatable bonds is 3. The third-order valence-electron chi connectivity index (χ3n) is 4.42. The molecule has 2 aromatic carbocycles. The molecule has 0 N–H and O–H groups in total. The van der Waals surface area contributed by atoms with Gasteiger partial charge in [-0.25, -0.2) is 0 Å². The second kappa shape index (κ2) is 6.04. The maximum absolute atomic E-state index is 2.51. The van der Waals surface area contributed by atoms with Gasteiger partial charge in [-0.3, -0.25) is 0 Å². The first-order valence-corrected chi connectivity index (χ1v) is 17.1. The Bertz CT molecular complexity index is 680. The molecule has 0 saturated carbocycles. The van der Waals surface area contributed by atoms with Crippen molar-refractivity contribution in [3.05, 3.63) is 65.2 Å². The van der Waals surface area contributed by atoms with Crippen molar-refractivity contribution in [2.24, 2.45) is 0 Å². The molecule has 1 unspecified atom stereocenters. The molecule has 0 nitrogen and oxygen atoms in total. The van der Waals surface area contributed by atoms with Gasteiger partial charge in [0.1, 0.15) is 0 Å². The second-order valence-electron chi connectivity index (χ2n) is 6.50. The van der Waals surface area contributed by atoms with Gasteiger partial charge in [0.25, 0.3) is 0 Å². The SMILES string of the molecule is CC(C)c1cccc(-c2cccc3c2C=C[CH]3[Hf]([CH3])[CH3])c1. The molecule has 0 radical (unpaired) electrons. The molecular weight excluding hydrogens is 419 g/mol. The normalized spacial score (nSPS) is 16.3. The average Bonchev–Trinajstić information content (AvgIpc) is 2.91. The van der Waals surface area contributed by atoms with Gasteiger partial charge in [0.05, 0.1) is 0 Å². The Balaban J connectivity index is 2.09. The number of allylic oxidation sites excluding steroid dienone is 1. The maximum atomic E-state index is 2.51. The molecule has 107 valence electrons. The predicted octanol–water partition coefficient (Wildman–Crippen LogP) is 6.26. The molecule has 0 amide bonds. The van der Waals surface area contributed by atoms with Gasteiger partial charge in [-0.1, -0.05) is 0 Å². The van der Waals surface area contributed by atoms with Gasteiger partial charge >= 0.3 is 137 Å². The van der Waals surface area contributed by atoms with Crippen molar-refractivity contribution in [1.29, 1.82) is 0 Å². The first-order valence-electron chi connectivity index (χ1n) is 7.79. The third kappa shape index (κ3) is 2.85. The van der Waals surface area contributed by atoms with E-state index in [4.69, 9.17) is 0 Å². The molecule has 0 heterocycles. The second-order valence-corrected chi connectivity index (χ2v) is 16.5. The van der Waals surface area contributed by atoms with Crippen LogP contribution in [0.5, 0.6) is 0 Å². The van der Waals surface area contributed by atoms with E-state index in [1.165, 1.54) is 22.3 Å². The Morgan fingerprint density at radius 3 is 2.48 bits per heavy atom. The molecule has 1 aliphatic rings. The molecule has 0 saturated heterocycles. The van der Waals surface area contributed by atoms with Crippen molar-refractivity contribution < 1.29 is 21.4 Å². The summed E-state index contributed by atoms with van der Waals surface area (Å²) in [7, 11) is 0. The Morgan fingerprint density at radius 1 is 1.00 bits per heavy atom. The molecule has 0 fully saturated rings. The summed E-state index contributed by atoms with van der Waals surface area (Å²) in [6, 6.07) is 15.9. The average molecular weight is 442 g/mol. The first kappa shape index (κ1) is 15.0. The van der Waals surface area contributed by atoms with Gasteiger partial charge in [0.15, 0.2) is 0 Å². The Morgan fingerprint density at radius 2 is 1.76 bits per heavy atom. The Labute approximate surface area is 136 Å². The van der Waals surface area contributed by atoms with Crippen molar-refractivity contribution in [3.63, 3.8) is 0 Å². The molecule has 1 atom stereocenters. The molecule has 1 aliphatic carbocycles. The van der Waals surface area contributed by atoms with E-state index in [0.717, 1.165) is 3.67 Å². The minimum atomic E-state index is -1.40. The van der Waals surface area contributed by atoms with E-state index < -0.39 is 21.4 Å². The van der Waals surface area contributed by atoms with Crippen molar-refractivity contribution in [1.82, 2.24) is 0 Å². The molecular formula is C20H23Hf. The molecule has 0 aromatic heterocycles. The summed E-state index contributed by atoms with van der Waals surface area (Å²) in [5, 5.41) is 0. The van der Waals surface area contributed by atoms with Crippen LogP contribution in [0.2, 0.25) is 9.36 Å². The molecule has 21 heavy (non-hydrogen) atoms. The summed E-state index contributed by atoms with van der Waals surface area (Å²) in [5.41, 5.74) is 7.24. The van der Waals surface area contributed by atoms with E-state index in [0.29, 0.717) is 5.92 Å². The van der Waals surface area contributed by atoms with E-state index >= 15 is 0 Å². The monoisotopic (exact) mass is 443 g/mol. The van der Waals surface area contributed by atoms with Crippen molar-refractivity contribution in [3.8, 4) is 11.1 Å². The molecule has 3 rings (SSSR count). The molecule has 0 aliphatic heterocycles. The Kier molecular flexibility index (Phi) is 4.31. The fourth-order valence-corrected chi connectivity index (χ4v) is 8.02. The number of hydrogen-bond donors (Lipinski definition) is 0. The third-order valence-corrected chi connectivity index (χ3v) is 10.7. The van der Waals surface area contributed by atoms with Crippen LogP contribution < -0.4 is 0 Å². The topological polar surface area (TPSA) is 0 Å². The van der Waals surface area contributed by atoms with E-state index in [1.807, 2.05) is 0 Å². The van der Waals surface area contributed by atoms with Crippen LogP contribution in [-0.2, 0) is 21.4 Å². The van der Waals surface area contributed by atoms with Crippen molar-refractivity contribution >= 4 is 6.08 Å². The van der Waals surface area contributed by atoms with Crippen LogP contribution in [0.3, 0.4) is 0 Å². The zero-order chi connectivity index (χ0) is 15.0.